The molecule has 0 aliphatic carbocycles. The van der Waals surface area contributed by atoms with E-state index in [-0.39, 0.29) is 17.9 Å². The van der Waals surface area contributed by atoms with Gasteiger partial charge < -0.3 is 24.9 Å². The summed E-state index contributed by atoms with van der Waals surface area (Å²) >= 11 is 0. The van der Waals surface area contributed by atoms with E-state index in [1.54, 1.807) is 35.0 Å². The molecule has 0 amide bonds. The number of anilines is 1. The third-order valence-corrected chi connectivity index (χ3v) is 3.39. The molecule has 3 N–H and O–H groups in total. The summed E-state index contributed by atoms with van der Waals surface area (Å²) in [5.41, 5.74) is 7.24. The van der Waals surface area contributed by atoms with Crippen LogP contribution >= 0.6 is 0 Å². The lowest BCUT2D eigenvalue weighted by Crippen LogP contribution is -2.24. The smallest absolute Gasteiger partial charge is 0.292 e. The highest BCUT2D eigenvalue weighted by molar-refractivity contribution is 5.49. The molecule has 1 aromatic heterocycles. The first-order valence-electron chi connectivity index (χ1n) is 7.54. The number of hydrogen-bond acceptors (Lipinski definition) is 5. The Kier molecular flexibility index (Phi) is 6.05. The minimum Gasteiger partial charge on any atom is -0.492 e. The average Bonchev–Trinajstić information content (AvgIpc) is 2.54. The van der Waals surface area contributed by atoms with Crippen LogP contribution < -0.4 is 20.8 Å². The first kappa shape index (κ1) is 16.9. The van der Waals surface area contributed by atoms with Crippen LogP contribution in [-0.2, 0) is 6.54 Å². The fourth-order valence-electron chi connectivity index (χ4n) is 2.05. The van der Waals surface area contributed by atoms with E-state index in [2.05, 4.69) is 0 Å². The molecule has 0 radical (unpaired) electrons. The van der Waals surface area contributed by atoms with Gasteiger partial charge in [-0.3, -0.25) is 4.79 Å². The number of aryl methyl sites for hydroxylation is 1. The number of pyridine rings is 1. The van der Waals surface area contributed by atoms with Crippen molar-refractivity contribution in [2.75, 3.05) is 25.6 Å². The van der Waals surface area contributed by atoms with Gasteiger partial charge in [-0.2, -0.15) is 0 Å². The second-order valence-corrected chi connectivity index (χ2v) is 5.16. The topological polar surface area (TPSA) is 86.7 Å². The lowest BCUT2D eigenvalue weighted by Gasteiger charge is -2.11. The molecule has 0 fully saturated rings. The number of nitrogens with two attached hydrogens (primary N) is 1. The number of rotatable bonds is 8. The summed E-state index contributed by atoms with van der Waals surface area (Å²) in [6.07, 6.45) is 2.19. The van der Waals surface area contributed by atoms with Crippen LogP contribution in [0.3, 0.4) is 0 Å². The van der Waals surface area contributed by atoms with E-state index in [1.165, 1.54) is 0 Å². The van der Waals surface area contributed by atoms with Gasteiger partial charge >= 0.3 is 0 Å². The summed E-state index contributed by atoms with van der Waals surface area (Å²) in [4.78, 5) is 12.2. The molecule has 2 rings (SSSR count). The molecule has 0 saturated carbocycles. The van der Waals surface area contributed by atoms with Gasteiger partial charge in [0.2, 0.25) is 0 Å². The Morgan fingerprint density at radius 2 is 2.04 bits per heavy atom. The van der Waals surface area contributed by atoms with Crippen LogP contribution in [0.1, 0.15) is 12.0 Å². The Morgan fingerprint density at radius 1 is 1.22 bits per heavy atom. The second-order valence-electron chi connectivity index (χ2n) is 5.16. The van der Waals surface area contributed by atoms with Gasteiger partial charge in [-0.05, 0) is 42.8 Å². The second kappa shape index (κ2) is 8.24. The van der Waals surface area contributed by atoms with Crippen LogP contribution in [-0.4, -0.2) is 29.5 Å². The zero-order valence-electron chi connectivity index (χ0n) is 13.2. The summed E-state index contributed by atoms with van der Waals surface area (Å²) in [5, 5.41) is 8.74. The number of nitrogen functional groups attached to an aromatic ring is 1. The van der Waals surface area contributed by atoms with Crippen molar-refractivity contribution in [3.63, 3.8) is 0 Å². The number of aromatic nitrogens is 1. The van der Waals surface area contributed by atoms with Gasteiger partial charge in [-0.15, -0.1) is 0 Å². The average molecular weight is 318 g/mol. The maximum absolute atomic E-state index is 12.2. The molecule has 0 spiro atoms. The third-order valence-electron chi connectivity index (χ3n) is 3.39. The number of ether oxygens (including phenoxy) is 2. The highest BCUT2D eigenvalue weighted by Gasteiger charge is 2.05. The Balaban J connectivity index is 1.93. The predicted molar refractivity (Wildman–Crippen MR) is 89.0 cm³/mol. The summed E-state index contributed by atoms with van der Waals surface area (Å²) in [5.74, 6) is 1.00. The first-order chi connectivity index (χ1) is 11.1. The molecular formula is C17H22N2O4. The zero-order chi connectivity index (χ0) is 16.7. The van der Waals surface area contributed by atoms with Gasteiger partial charge in [-0.25, -0.2) is 0 Å². The minimum absolute atomic E-state index is 0.0376. The first-order valence-corrected chi connectivity index (χ1v) is 7.54. The summed E-state index contributed by atoms with van der Waals surface area (Å²) in [6.45, 7) is 3.05. The van der Waals surface area contributed by atoms with E-state index in [0.717, 1.165) is 17.0 Å². The molecule has 23 heavy (non-hydrogen) atoms. The molecule has 124 valence electrons. The molecule has 2 aromatic rings. The largest absolute Gasteiger partial charge is 0.492 e. The monoisotopic (exact) mass is 318 g/mol. The Bertz CT molecular complexity index is 697. The van der Waals surface area contributed by atoms with Gasteiger partial charge in [0, 0.05) is 24.9 Å². The molecule has 0 aliphatic rings. The van der Waals surface area contributed by atoms with E-state index >= 15 is 0 Å². The van der Waals surface area contributed by atoms with Crippen LogP contribution in [0.5, 0.6) is 11.5 Å². The normalized spacial score (nSPS) is 10.5. The van der Waals surface area contributed by atoms with E-state index in [0.29, 0.717) is 26.2 Å². The van der Waals surface area contributed by atoms with Gasteiger partial charge in [0.05, 0.1) is 13.2 Å². The van der Waals surface area contributed by atoms with Crippen molar-refractivity contribution in [3.05, 3.63) is 52.4 Å². The Labute approximate surface area is 135 Å². The van der Waals surface area contributed by atoms with Crippen LogP contribution in [0.2, 0.25) is 0 Å². The van der Waals surface area contributed by atoms with Crippen molar-refractivity contribution in [2.24, 2.45) is 0 Å². The zero-order valence-corrected chi connectivity index (χ0v) is 13.2. The van der Waals surface area contributed by atoms with E-state index in [4.69, 9.17) is 20.3 Å². The van der Waals surface area contributed by atoms with Crippen molar-refractivity contribution in [1.29, 1.82) is 0 Å². The van der Waals surface area contributed by atoms with Crippen LogP contribution in [0.15, 0.2) is 41.3 Å². The molecule has 6 nitrogen and oxygen atoms in total. The van der Waals surface area contributed by atoms with Gasteiger partial charge in [0.25, 0.3) is 5.56 Å². The Hall–Kier alpha value is -2.47. The number of nitrogens with zero attached hydrogens (tertiary/aromatic N) is 1. The molecule has 0 unspecified atom stereocenters. The molecule has 0 saturated heterocycles. The fraction of sp³-hybridized carbons (Fsp3) is 0.353. The molecule has 0 aliphatic heterocycles. The van der Waals surface area contributed by atoms with Crippen LogP contribution in [0.4, 0.5) is 5.69 Å². The van der Waals surface area contributed by atoms with Crippen molar-refractivity contribution >= 4 is 5.69 Å². The van der Waals surface area contributed by atoms with E-state index in [9.17, 15) is 4.79 Å². The molecule has 1 aromatic carbocycles. The lowest BCUT2D eigenvalue weighted by molar-refractivity contribution is 0.230. The van der Waals surface area contributed by atoms with Crippen LogP contribution in [0.25, 0.3) is 0 Å². The van der Waals surface area contributed by atoms with Gasteiger partial charge in [0.1, 0.15) is 12.4 Å². The maximum Gasteiger partial charge on any atom is 0.292 e. The summed E-state index contributed by atoms with van der Waals surface area (Å²) in [6, 6.07) is 8.85. The number of aliphatic hydroxyl groups excluding tert-OH is 1. The van der Waals surface area contributed by atoms with Gasteiger partial charge in [-0.1, -0.05) is 0 Å². The fourth-order valence-corrected chi connectivity index (χ4v) is 2.05. The molecular weight excluding hydrogens is 296 g/mol. The summed E-state index contributed by atoms with van der Waals surface area (Å²) in [7, 11) is 0. The number of aliphatic hydroxyl groups is 1. The molecule has 1 heterocycles. The summed E-state index contributed by atoms with van der Waals surface area (Å²) < 4.78 is 12.6. The number of hydrogen-bond donors (Lipinski definition) is 2. The maximum atomic E-state index is 12.2. The van der Waals surface area contributed by atoms with Crippen molar-refractivity contribution < 1.29 is 14.6 Å². The SMILES string of the molecule is Cc1cc(OCCn2cccc(OCCCO)c2=O)ccc1N. The van der Waals surface area contributed by atoms with Crippen molar-refractivity contribution in [3.8, 4) is 11.5 Å². The lowest BCUT2D eigenvalue weighted by atomic mass is 10.2. The van der Waals surface area contributed by atoms with E-state index < -0.39 is 0 Å². The highest BCUT2D eigenvalue weighted by Crippen LogP contribution is 2.18. The third kappa shape index (κ3) is 4.75. The molecule has 0 bridgehead atoms. The molecule has 6 heteroatoms. The Morgan fingerprint density at radius 3 is 2.78 bits per heavy atom. The standard InChI is InChI=1S/C17H22N2O4/c1-13-12-14(5-6-15(13)18)22-11-8-19-7-2-4-16(17(19)21)23-10-3-9-20/h2,4-7,12,20H,3,8-11,18H2,1H3. The number of benzene rings is 1. The van der Waals surface area contributed by atoms with Crippen molar-refractivity contribution in [2.45, 2.75) is 19.9 Å². The minimum atomic E-state index is -0.206. The highest BCUT2D eigenvalue weighted by atomic mass is 16.5. The predicted octanol–water partition coefficient (Wildman–Crippen LogP) is 1.58. The molecule has 0 atom stereocenters. The van der Waals surface area contributed by atoms with Gasteiger partial charge in [0.15, 0.2) is 5.75 Å². The van der Waals surface area contributed by atoms with Crippen molar-refractivity contribution in [1.82, 2.24) is 4.57 Å². The van der Waals surface area contributed by atoms with E-state index in [1.807, 2.05) is 13.0 Å². The van der Waals surface area contributed by atoms with Crippen LogP contribution in [0, 0.1) is 6.92 Å². The quantitative estimate of drug-likeness (QED) is 0.570.